The Kier molecular flexibility index (Phi) is 5.89. The van der Waals surface area contributed by atoms with E-state index < -0.39 is 18.1 Å². The number of fused-ring (bicyclic) bond motifs is 3. The van der Waals surface area contributed by atoms with Crippen LogP contribution in [-0.2, 0) is 20.9 Å². The van der Waals surface area contributed by atoms with Gasteiger partial charge in [-0.2, -0.15) is 0 Å². The molecule has 3 aromatic rings. The second-order valence-electron chi connectivity index (χ2n) is 7.47. The highest BCUT2D eigenvalue weighted by molar-refractivity contribution is 5.81. The van der Waals surface area contributed by atoms with Crippen molar-refractivity contribution >= 4 is 12.1 Å². The number of hydrogen-bond donors (Lipinski definition) is 2. The number of ether oxygens (including phenoxy) is 2. The summed E-state index contributed by atoms with van der Waals surface area (Å²) in [6.07, 6.45) is -0.670. The van der Waals surface area contributed by atoms with Crippen LogP contribution < -0.4 is 5.32 Å². The molecule has 1 aliphatic rings. The first kappa shape index (κ1) is 20.5. The minimum absolute atomic E-state index is 0.0464. The summed E-state index contributed by atoms with van der Waals surface area (Å²) in [6, 6.07) is 21.7. The molecule has 1 atom stereocenters. The minimum atomic E-state index is -0.854. The van der Waals surface area contributed by atoms with E-state index in [1.807, 2.05) is 36.4 Å². The first-order valence-corrected chi connectivity index (χ1v) is 10.1. The van der Waals surface area contributed by atoms with Crippen molar-refractivity contribution in [3.8, 4) is 16.9 Å². The molecule has 0 fully saturated rings. The Labute approximate surface area is 180 Å². The Morgan fingerprint density at radius 3 is 2.10 bits per heavy atom. The van der Waals surface area contributed by atoms with Crippen molar-refractivity contribution in [1.82, 2.24) is 5.32 Å². The van der Waals surface area contributed by atoms with Gasteiger partial charge in [-0.25, -0.2) is 9.59 Å². The number of carbonyl (C=O) groups excluding carboxylic acids is 2. The highest BCUT2D eigenvalue weighted by atomic mass is 16.6. The van der Waals surface area contributed by atoms with E-state index >= 15 is 0 Å². The van der Waals surface area contributed by atoms with Crippen molar-refractivity contribution in [3.63, 3.8) is 0 Å². The van der Waals surface area contributed by atoms with Gasteiger partial charge in [0.2, 0.25) is 0 Å². The maximum atomic E-state index is 12.3. The van der Waals surface area contributed by atoms with E-state index in [2.05, 4.69) is 17.4 Å². The number of benzene rings is 3. The predicted molar refractivity (Wildman–Crippen MR) is 116 cm³/mol. The van der Waals surface area contributed by atoms with E-state index in [-0.39, 0.29) is 24.9 Å². The zero-order valence-electron chi connectivity index (χ0n) is 17.1. The average Bonchev–Trinajstić information content (AvgIpc) is 3.11. The number of alkyl carbamates (subject to hydrolysis) is 1. The summed E-state index contributed by atoms with van der Waals surface area (Å²) < 4.78 is 10.7. The Morgan fingerprint density at radius 1 is 0.903 bits per heavy atom. The molecular formula is C25H23NO5. The molecule has 0 aliphatic heterocycles. The summed E-state index contributed by atoms with van der Waals surface area (Å²) in [5.74, 6) is -0.475. The molecule has 0 saturated heterocycles. The molecule has 2 N–H and O–H groups in total. The Bertz CT molecular complexity index is 1050. The average molecular weight is 417 g/mol. The summed E-state index contributed by atoms with van der Waals surface area (Å²) in [6.45, 7) is 1.77. The van der Waals surface area contributed by atoms with Crippen molar-refractivity contribution in [2.24, 2.45) is 0 Å². The molecule has 0 radical (unpaired) electrons. The maximum absolute atomic E-state index is 12.3. The van der Waals surface area contributed by atoms with Gasteiger partial charge in [0.05, 0.1) is 0 Å². The fourth-order valence-corrected chi connectivity index (χ4v) is 3.75. The summed E-state index contributed by atoms with van der Waals surface area (Å²) in [5, 5.41) is 11.8. The van der Waals surface area contributed by atoms with E-state index in [0.717, 1.165) is 27.8 Å². The molecule has 0 heterocycles. The maximum Gasteiger partial charge on any atom is 0.407 e. The first-order chi connectivity index (χ1) is 15.0. The number of amides is 1. The van der Waals surface area contributed by atoms with Gasteiger partial charge < -0.3 is 19.9 Å². The number of phenolic OH excluding ortho intramolecular Hbond substituents is 1. The monoisotopic (exact) mass is 417 g/mol. The van der Waals surface area contributed by atoms with Crippen LogP contribution in [0.2, 0.25) is 0 Å². The van der Waals surface area contributed by atoms with Crippen LogP contribution in [0.15, 0.2) is 72.8 Å². The number of hydrogen-bond acceptors (Lipinski definition) is 5. The van der Waals surface area contributed by atoms with Gasteiger partial charge in [0.25, 0.3) is 0 Å². The Hall–Kier alpha value is -3.80. The van der Waals surface area contributed by atoms with E-state index in [9.17, 15) is 14.7 Å². The lowest BCUT2D eigenvalue weighted by Gasteiger charge is -2.17. The van der Waals surface area contributed by atoms with Crippen LogP contribution in [0.5, 0.6) is 5.75 Å². The smallest absolute Gasteiger partial charge is 0.407 e. The largest absolute Gasteiger partial charge is 0.508 e. The Balaban J connectivity index is 1.31. The van der Waals surface area contributed by atoms with Crippen LogP contribution in [0.3, 0.4) is 0 Å². The molecule has 0 spiro atoms. The summed E-state index contributed by atoms with van der Waals surface area (Å²) in [7, 11) is 0. The molecule has 31 heavy (non-hydrogen) atoms. The zero-order chi connectivity index (χ0) is 21.8. The highest BCUT2D eigenvalue weighted by Crippen LogP contribution is 2.44. The number of rotatable bonds is 6. The third-order valence-corrected chi connectivity index (χ3v) is 5.35. The highest BCUT2D eigenvalue weighted by Gasteiger charge is 2.29. The molecule has 0 bridgehead atoms. The molecule has 0 unspecified atom stereocenters. The van der Waals surface area contributed by atoms with Gasteiger partial charge in [-0.1, -0.05) is 60.7 Å². The lowest BCUT2D eigenvalue weighted by Crippen LogP contribution is -2.40. The van der Waals surface area contributed by atoms with Crippen LogP contribution >= 0.6 is 0 Å². The minimum Gasteiger partial charge on any atom is -0.508 e. The van der Waals surface area contributed by atoms with E-state index in [1.165, 1.54) is 12.1 Å². The van der Waals surface area contributed by atoms with E-state index in [1.54, 1.807) is 19.1 Å². The summed E-state index contributed by atoms with van der Waals surface area (Å²) >= 11 is 0. The molecule has 6 heteroatoms. The van der Waals surface area contributed by atoms with Crippen molar-refractivity contribution in [2.75, 3.05) is 6.61 Å². The normalized spacial score (nSPS) is 13.1. The molecular weight excluding hydrogens is 394 g/mol. The lowest BCUT2D eigenvalue weighted by molar-refractivity contribution is -0.146. The third-order valence-electron chi connectivity index (χ3n) is 5.35. The number of carbonyl (C=O) groups is 2. The quantitative estimate of drug-likeness (QED) is 0.582. The molecule has 6 nitrogen and oxygen atoms in total. The van der Waals surface area contributed by atoms with Gasteiger partial charge in [0.15, 0.2) is 0 Å². The molecule has 0 aromatic heterocycles. The molecule has 3 aromatic carbocycles. The van der Waals surface area contributed by atoms with Crippen molar-refractivity contribution in [2.45, 2.75) is 25.5 Å². The fraction of sp³-hybridized carbons (Fsp3) is 0.200. The number of phenols is 1. The van der Waals surface area contributed by atoms with Crippen molar-refractivity contribution in [3.05, 3.63) is 89.5 Å². The zero-order valence-corrected chi connectivity index (χ0v) is 17.1. The lowest BCUT2D eigenvalue weighted by atomic mass is 9.98. The van der Waals surface area contributed by atoms with Crippen molar-refractivity contribution < 1.29 is 24.2 Å². The van der Waals surface area contributed by atoms with Crippen LogP contribution in [0, 0.1) is 0 Å². The van der Waals surface area contributed by atoms with Crippen LogP contribution in [0.25, 0.3) is 11.1 Å². The van der Waals surface area contributed by atoms with E-state index in [0.29, 0.717) is 0 Å². The third kappa shape index (κ3) is 4.53. The molecule has 158 valence electrons. The standard InChI is InChI=1S/C25H23NO5/c1-16(24(28)30-14-17-10-12-18(27)13-11-17)26-25(29)31-15-23-21-8-4-2-6-19(21)20-7-3-5-9-22(20)23/h2-13,16,23,27H,14-15H2,1H3,(H,26,29)/t16-/m0/s1. The van der Waals surface area contributed by atoms with Gasteiger partial charge >= 0.3 is 12.1 Å². The predicted octanol–water partition coefficient (Wildman–Crippen LogP) is 4.36. The van der Waals surface area contributed by atoms with Crippen molar-refractivity contribution in [1.29, 1.82) is 0 Å². The summed E-state index contributed by atoms with van der Waals surface area (Å²) in [5.41, 5.74) is 5.28. The number of nitrogens with one attached hydrogen (secondary N) is 1. The van der Waals surface area contributed by atoms with Gasteiger partial charge in [0.1, 0.15) is 25.0 Å². The molecule has 4 rings (SSSR count). The van der Waals surface area contributed by atoms with Crippen LogP contribution in [0.1, 0.15) is 29.5 Å². The molecule has 0 saturated carbocycles. The first-order valence-electron chi connectivity index (χ1n) is 10.1. The van der Waals surface area contributed by atoms with Gasteiger partial charge in [-0.3, -0.25) is 0 Å². The SMILES string of the molecule is C[C@H](NC(=O)OCC1c2ccccc2-c2ccccc21)C(=O)OCc1ccc(O)cc1. The molecule has 1 aliphatic carbocycles. The van der Waals surface area contributed by atoms with Gasteiger partial charge in [-0.05, 0) is 46.9 Å². The number of aromatic hydroxyl groups is 1. The molecule has 1 amide bonds. The van der Waals surface area contributed by atoms with E-state index in [4.69, 9.17) is 9.47 Å². The second-order valence-corrected chi connectivity index (χ2v) is 7.47. The van der Waals surface area contributed by atoms with Crippen LogP contribution in [-0.4, -0.2) is 29.8 Å². The Morgan fingerprint density at radius 2 is 1.48 bits per heavy atom. The van der Waals surface area contributed by atoms with Crippen LogP contribution in [0.4, 0.5) is 4.79 Å². The van der Waals surface area contributed by atoms with Gasteiger partial charge in [0, 0.05) is 5.92 Å². The fourth-order valence-electron chi connectivity index (χ4n) is 3.75. The second kappa shape index (κ2) is 8.92. The van der Waals surface area contributed by atoms with Gasteiger partial charge in [-0.15, -0.1) is 0 Å². The number of esters is 1. The topological polar surface area (TPSA) is 84.9 Å². The summed E-state index contributed by atoms with van der Waals surface area (Å²) in [4.78, 5) is 24.4.